The minimum absolute atomic E-state index is 0.0849. The summed E-state index contributed by atoms with van der Waals surface area (Å²) in [4.78, 5) is 36.6. The maximum absolute atomic E-state index is 14.0. The number of H-pyrrole nitrogens is 1. The van der Waals surface area contributed by atoms with Crippen molar-refractivity contribution >= 4 is 11.0 Å². The van der Waals surface area contributed by atoms with Gasteiger partial charge in [-0.05, 0) is 93.7 Å². The van der Waals surface area contributed by atoms with Crippen LogP contribution >= 0.6 is 0 Å². The van der Waals surface area contributed by atoms with Crippen molar-refractivity contribution in [1.29, 1.82) is 0 Å². The van der Waals surface area contributed by atoms with Gasteiger partial charge in [-0.25, -0.2) is 4.98 Å². The van der Waals surface area contributed by atoms with Gasteiger partial charge in [-0.3, -0.25) is 14.5 Å². The first-order valence-electron chi connectivity index (χ1n) is 14.5. The predicted octanol–water partition coefficient (Wildman–Crippen LogP) is 5.52. The van der Waals surface area contributed by atoms with Crippen LogP contribution in [0.3, 0.4) is 0 Å². The van der Waals surface area contributed by atoms with Crippen molar-refractivity contribution in [3.05, 3.63) is 63.2 Å². The van der Waals surface area contributed by atoms with Crippen molar-refractivity contribution in [3.8, 4) is 11.4 Å². The zero-order valence-electron chi connectivity index (χ0n) is 21.8. The minimum atomic E-state index is -0.215. The lowest BCUT2D eigenvalue weighted by molar-refractivity contribution is -0.0524. The Hall–Kier alpha value is -2.73. The van der Waals surface area contributed by atoms with E-state index < -0.39 is 0 Å². The first kappa shape index (κ1) is 23.4. The van der Waals surface area contributed by atoms with Gasteiger partial charge in [0.2, 0.25) is 5.56 Å². The molecule has 2 aromatic heterocycles. The topological polar surface area (TPSA) is 71.0 Å². The van der Waals surface area contributed by atoms with Gasteiger partial charge in [0.1, 0.15) is 0 Å². The van der Waals surface area contributed by atoms with Gasteiger partial charge in [-0.15, -0.1) is 0 Å². The fourth-order valence-electron chi connectivity index (χ4n) is 8.87. The molecular formula is C31H38N4O2. The lowest BCUT2D eigenvalue weighted by Gasteiger charge is -2.55. The second kappa shape index (κ2) is 9.23. The zero-order chi connectivity index (χ0) is 25.1. The number of aromatic amines is 1. The van der Waals surface area contributed by atoms with Gasteiger partial charge in [-0.2, -0.15) is 0 Å². The number of rotatable bonds is 3. The molecule has 3 unspecified atom stereocenters. The summed E-state index contributed by atoms with van der Waals surface area (Å²) in [5, 5.41) is 0. The van der Waals surface area contributed by atoms with E-state index >= 15 is 0 Å². The van der Waals surface area contributed by atoms with Crippen LogP contribution in [0.2, 0.25) is 0 Å². The third-order valence-electron chi connectivity index (χ3n) is 9.96. The van der Waals surface area contributed by atoms with Crippen molar-refractivity contribution in [2.45, 2.75) is 95.3 Å². The van der Waals surface area contributed by atoms with Crippen LogP contribution in [-0.2, 0) is 0 Å². The number of aromatic nitrogens is 3. The second-order valence-corrected chi connectivity index (χ2v) is 12.5. The third-order valence-corrected chi connectivity index (χ3v) is 9.96. The molecule has 1 aromatic carbocycles. The monoisotopic (exact) mass is 498 g/mol. The van der Waals surface area contributed by atoms with Gasteiger partial charge >= 0.3 is 0 Å². The lowest BCUT2D eigenvalue weighted by atomic mass is 9.65. The molecule has 0 spiro atoms. The van der Waals surface area contributed by atoms with E-state index in [0.29, 0.717) is 23.5 Å². The number of hydrogen-bond donors (Lipinski definition) is 1. The fraction of sp³-hybridized carbons (Fsp3) is 0.581. The second-order valence-electron chi connectivity index (χ2n) is 12.5. The average Bonchev–Trinajstić information content (AvgIpc) is 2.87. The summed E-state index contributed by atoms with van der Waals surface area (Å²) in [5.41, 5.74) is 2.26. The predicted molar refractivity (Wildman–Crippen MR) is 147 cm³/mol. The van der Waals surface area contributed by atoms with Crippen molar-refractivity contribution in [1.82, 2.24) is 19.4 Å². The highest BCUT2D eigenvalue weighted by atomic mass is 16.1. The summed E-state index contributed by atoms with van der Waals surface area (Å²) in [5.74, 6) is 2.72. The van der Waals surface area contributed by atoms with Crippen LogP contribution in [-0.4, -0.2) is 37.6 Å². The molecule has 1 N–H and O–H groups in total. The molecule has 4 fully saturated rings. The van der Waals surface area contributed by atoms with E-state index in [-0.39, 0.29) is 17.2 Å². The van der Waals surface area contributed by atoms with Crippen LogP contribution in [0.1, 0.15) is 77.2 Å². The Bertz CT molecular complexity index is 1390. The van der Waals surface area contributed by atoms with Crippen molar-refractivity contribution < 1.29 is 0 Å². The van der Waals surface area contributed by atoms with Crippen LogP contribution in [0.5, 0.6) is 0 Å². The summed E-state index contributed by atoms with van der Waals surface area (Å²) in [6, 6.07) is 14.9. The normalized spacial score (nSPS) is 33.9. The molecule has 2 saturated carbocycles. The number of para-hydroxylation sites is 2. The highest BCUT2D eigenvalue weighted by Gasteiger charge is 2.46. The van der Waals surface area contributed by atoms with Gasteiger partial charge in [-0.1, -0.05) is 31.5 Å². The van der Waals surface area contributed by atoms with E-state index in [1.165, 1.54) is 57.4 Å². The molecule has 7 atom stereocenters. The number of fused-ring (bicyclic) bond motifs is 5. The standard InChI is InChI=1S/C31H38N4O2/c1-19-12-20-14-21(13-19)16-24(15-20)34-22-6-4-7-23(34)18-25(17-22)35-28-10-3-2-8-26(28)33-30(31(35)37)27-9-5-11-29(36)32-27/h2-3,5,8-11,19-25H,4,6-7,12-18H2,1H3,(H,32,36)/t19?,20-,21+,22-,23+,24?,25?. The van der Waals surface area contributed by atoms with E-state index in [1.54, 1.807) is 12.1 Å². The molecule has 3 aromatic rings. The van der Waals surface area contributed by atoms with Crippen LogP contribution in [0.15, 0.2) is 52.1 Å². The molecule has 194 valence electrons. The molecule has 4 heterocycles. The molecule has 2 saturated heterocycles. The Morgan fingerprint density at radius 2 is 1.51 bits per heavy atom. The largest absolute Gasteiger partial charge is 0.320 e. The van der Waals surface area contributed by atoms with Gasteiger partial charge < -0.3 is 9.55 Å². The number of nitrogens with one attached hydrogen (secondary N) is 1. The Balaban J connectivity index is 1.25. The summed E-state index contributed by atoms with van der Waals surface area (Å²) in [6.07, 6.45) is 12.9. The highest BCUT2D eigenvalue weighted by Crippen LogP contribution is 2.48. The Labute approximate surface area is 218 Å². The molecule has 7 rings (SSSR count). The molecule has 0 amide bonds. The van der Waals surface area contributed by atoms with Gasteiger partial charge in [0, 0.05) is 30.2 Å². The Kier molecular flexibility index (Phi) is 5.83. The number of hydrogen-bond acceptors (Lipinski definition) is 4. The number of benzene rings is 1. The quantitative estimate of drug-likeness (QED) is 0.516. The maximum atomic E-state index is 14.0. The molecule has 4 bridgehead atoms. The molecule has 6 nitrogen and oxygen atoms in total. The number of piperidine rings is 2. The van der Waals surface area contributed by atoms with Gasteiger partial charge in [0.25, 0.3) is 5.56 Å². The molecular weight excluding hydrogens is 460 g/mol. The summed E-state index contributed by atoms with van der Waals surface area (Å²) in [7, 11) is 0. The lowest BCUT2D eigenvalue weighted by Crippen LogP contribution is -2.58. The Morgan fingerprint density at radius 3 is 2.24 bits per heavy atom. The molecule has 0 radical (unpaired) electrons. The van der Waals surface area contributed by atoms with Crippen molar-refractivity contribution in [2.24, 2.45) is 17.8 Å². The number of nitrogens with zero attached hydrogens (tertiary/aromatic N) is 3. The SMILES string of the molecule is CC1C[C@@H]2CC(N3[C@@H]4CCC[C@H]3CC(n3c(=O)c(-c5cccc(=O)[nH]5)nc5ccccc53)C4)C[C@H](C1)C2. The van der Waals surface area contributed by atoms with E-state index in [4.69, 9.17) is 4.98 Å². The summed E-state index contributed by atoms with van der Waals surface area (Å²) in [6.45, 7) is 2.45. The molecule has 4 aliphatic rings. The van der Waals surface area contributed by atoms with Crippen LogP contribution in [0.25, 0.3) is 22.4 Å². The molecule has 2 aliphatic carbocycles. The van der Waals surface area contributed by atoms with Crippen molar-refractivity contribution in [3.63, 3.8) is 0 Å². The van der Waals surface area contributed by atoms with E-state index in [2.05, 4.69) is 16.8 Å². The average molecular weight is 499 g/mol. The smallest absolute Gasteiger partial charge is 0.279 e. The van der Waals surface area contributed by atoms with E-state index in [9.17, 15) is 9.59 Å². The van der Waals surface area contributed by atoms with Gasteiger partial charge in [0.15, 0.2) is 5.69 Å². The van der Waals surface area contributed by atoms with Crippen LogP contribution < -0.4 is 11.1 Å². The minimum Gasteiger partial charge on any atom is -0.320 e. The summed E-state index contributed by atoms with van der Waals surface area (Å²) < 4.78 is 2.03. The summed E-state index contributed by atoms with van der Waals surface area (Å²) >= 11 is 0. The first-order chi connectivity index (χ1) is 18.0. The fourth-order valence-corrected chi connectivity index (χ4v) is 8.87. The highest BCUT2D eigenvalue weighted by molar-refractivity contribution is 5.77. The maximum Gasteiger partial charge on any atom is 0.279 e. The molecule has 2 aliphatic heterocycles. The zero-order valence-corrected chi connectivity index (χ0v) is 21.8. The third kappa shape index (κ3) is 4.18. The number of pyridine rings is 1. The van der Waals surface area contributed by atoms with Crippen LogP contribution in [0.4, 0.5) is 0 Å². The van der Waals surface area contributed by atoms with Gasteiger partial charge in [0.05, 0.1) is 16.7 Å². The van der Waals surface area contributed by atoms with Crippen LogP contribution in [0, 0.1) is 17.8 Å². The Morgan fingerprint density at radius 1 is 0.784 bits per heavy atom. The first-order valence-corrected chi connectivity index (χ1v) is 14.5. The molecule has 6 heteroatoms. The molecule has 37 heavy (non-hydrogen) atoms. The van der Waals surface area contributed by atoms with E-state index in [1.807, 2.05) is 28.8 Å². The van der Waals surface area contributed by atoms with E-state index in [0.717, 1.165) is 47.7 Å². The van der Waals surface area contributed by atoms with Crippen molar-refractivity contribution in [2.75, 3.05) is 0 Å².